The number of amides is 1. The van der Waals surface area contributed by atoms with Crippen LogP contribution < -0.4 is 15.5 Å². The van der Waals surface area contributed by atoms with Gasteiger partial charge < -0.3 is 15.5 Å². The molecule has 9 nitrogen and oxygen atoms in total. The minimum Gasteiger partial charge on any atom is -0.324 e. The number of hydrogen-bond acceptors (Lipinski definition) is 8. The summed E-state index contributed by atoms with van der Waals surface area (Å²) >= 11 is 0. The monoisotopic (exact) mass is 568 g/mol. The van der Waals surface area contributed by atoms with Gasteiger partial charge in [-0.3, -0.25) is 14.6 Å². The number of nitrogens with zero attached hydrogens (tertiary/aromatic N) is 6. The fraction of sp³-hybridized carbons (Fsp3) is 0.375. The first-order valence-corrected chi connectivity index (χ1v) is 14.6. The highest BCUT2D eigenvalue weighted by molar-refractivity contribution is 6.11. The van der Waals surface area contributed by atoms with E-state index in [4.69, 9.17) is 0 Å². The van der Waals surface area contributed by atoms with E-state index in [0.29, 0.717) is 24.0 Å². The molecule has 2 aromatic carbocycles. The van der Waals surface area contributed by atoms with Crippen LogP contribution in [0.25, 0.3) is 10.8 Å². The minimum absolute atomic E-state index is 0.00301. The van der Waals surface area contributed by atoms with E-state index in [1.807, 2.05) is 37.3 Å². The normalized spacial score (nSPS) is 18.2. The molecule has 42 heavy (non-hydrogen) atoms. The Kier molecular flexibility index (Phi) is 8.36. The number of piperidine rings is 1. The number of carbonyl (C=O) groups is 1. The van der Waals surface area contributed by atoms with Gasteiger partial charge in [0.05, 0.1) is 17.3 Å². The number of aromatic nitrogens is 3. The number of likely N-dealkylation sites (N-methyl/N-ethyl adjacent to an activating group) is 1. The number of piperazine rings is 1. The first-order chi connectivity index (χ1) is 20.5. The van der Waals surface area contributed by atoms with Crippen LogP contribution in [-0.2, 0) is 6.54 Å². The molecule has 0 spiro atoms. The molecule has 6 rings (SSSR count). The quantitative estimate of drug-likeness (QED) is 0.340. The van der Waals surface area contributed by atoms with E-state index in [-0.39, 0.29) is 11.6 Å². The second-order valence-electron chi connectivity index (χ2n) is 11.3. The van der Waals surface area contributed by atoms with Gasteiger partial charge in [0, 0.05) is 62.7 Å². The SMILES string of the molecule is Cc1cccc2ccnc(N(C(=O)c3ccc(Nc4nccc(CN5CCN(C)CC5)n4)cc3F)[C@@H]3CCCNC3)c12. The lowest BCUT2D eigenvalue weighted by Gasteiger charge is -2.35. The van der Waals surface area contributed by atoms with Crippen LogP contribution in [0.5, 0.6) is 0 Å². The maximum absolute atomic E-state index is 15.7. The maximum atomic E-state index is 15.7. The lowest BCUT2D eigenvalue weighted by atomic mass is 10.0. The summed E-state index contributed by atoms with van der Waals surface area (Å²) < 4.78 is 15.7. The van der Waals surface area contributed by atoms with E-state index in [2.05, 4.69) is 42.4 Å². The van der Waals surface area contributed by atoms with Crippen molar-refractivity contribution in [2.45, 2.75) is 32.4 Å². The van der Waals surface area contributed by atoms with Crippen molar-refractivity contribution in [2.75, 3.05) is 56.5 Å². The average Bonchev–Trinajstić information content (AvgIpc) is 2.99. The summed E-state index contributed by atoms with van der Waals surface area (Å²) in [6, 6.07) is 14.3. The molecule has 10 heteroatoms. The van der Waals surface area contributed by atoms with Crippen molar-refractivity contribution in [3.05, 3.63) is 83.6 Å². The summed E-state index contributed by atoms with van der Waals surface area (Å²) in [4.78, 5) is 34.1. The van der Waals surface area contributed by atoms with Crippen molar-refractivity contribution in [1.82, 2.24) is 30.1 Å². The van der Waals surface area contributed by atoms with Gasteiger partial charge in [0.1, 0.15) is 11.6 Å². The third kappa shape index (κ3) is 6.11. The van der Waals surface area contributed by atoms with Gasteiger partial charge in [0.15, 0.2) is 0 Å². The Morgan fingerprint density at radius 1 is 1.10 bits per heavy atom. The molecule has 2 saturated heterocycles. The smallest absolute Gasteiger partial charge is 0.262 e. The molecule has 0 saturated carbocycles. The molecule has 1 amide bonds. The Hall–Kier alpha value is -3.99. The lowest BCUT2D eigenvalue weighted by Crippen LogP contribution is -2.49. The van der Waals surface area contributed by atoms with Crippen LogP contribution in [0, 0.1) is 12.7 Å². The van der Waals surface area contributed by atoms with Crippen LogP contribution >= 0.6 is 0 Å². The fourth-order valence-electron chi connectivity index (χ4n) is 5.86. The van der Waals surface area contributed by atoms with E-state index in [1.165, 1.54) is 12.1 Å². The van der Waals surface area contributed by atoms with Crippen LogP contribution in [0.3, 0.4) is 0 Å². The van der Waals surface area contributed by atoms with Crippen LogP contribution in [-0.4, -0.2) is 83.0 Å². The predicted octanol–water partition coefficient (Wildman–Crippen LogP) is 4.36. The molecule has 0 bridgehead atoms. The van der Waals surface area contributed by atoms with Gasteiger partial charge in [0.2, 0.25) is 5.95 Å². The molecular weight excluding hydrogens is 531 g/mol. The first kappa shape index (κ1) is 28.1. The van der Waals surface area contributed by atoms with Crippen molar-refractivity contribution in [1.29, 1.82) is 0 Å². The van der Waals surface area contributed by atoms with Gasteiger partial charge in [-0.05, 0) is 74.6 Å². The largest absolute Gasteiger partial charge is 0.324 e. The standard InChI is InChI=1S/C32H37FN8O/c1-22-5-3-6-23-10-13-35-30(29(22)23)41(26-7-4-12-34-20-26)31(42)27-9-8-24(19-28(27)33)37-32-36-14-11-25(38-32)21-40-17-15-39(2)16-18-40/h3,5-6,8-11,13-14,19,26,34H,4,7,12,15-18,20-21H2,1-2H3,(H,36,37,38)/t26-/m1/s1. The van der Waals surface area contributed by atoms with Gasteiger partial charge in [-0.25, -0.2) is 19.3 Å². The Morgan fingerprint density at radius 2 is 1.93 bits per heavy atom. The van der Waals surface area contributed by atoms with Crippen molar-refractivity contribution in [3.8, 4) is 0 Å². The topological polar surface area (TPSA) is 89.5 Å². The zero-order valence-electron chi connectivity index (χ0n) is 24.2. The van der Waals surface area contributed by atoms with Crippen molar-refractivity contribution in [2.24, 2.45) is 0 Å². The van der Waals surface area contributed by atoms with Gasteiger partial charge in [-0.1, -0.05) is 18.2 Å². The summed E-state index contributed by atoms with van der Waals surface area (Å²) in [5.74, 6) is -0.0485. The van der Waals surface area contributed by atoms with Gasteiger partial charge in [-0.2, -0.15) is 0 Å². The lowest BCUT2D eigenvalue weighted by molar-refractivity contribution is 0.0968. The number of halogens is 1. The minimum atomic E-state index is -0.607. The van der Waals surface area contributed by atoms with E-state index in [9.17, 15) is 4.79 Å². The number of nitrogens with one attached hydrogen (secondary N) is 2. The first-order valence-electron chi connectivity index (χ1n) is 14.6. The Labute approximate surface area is 245 Å². The summed E-state index contributed by atoms with van der Waals surface area (Å²) in [6.45, 7) is 8.32. The fourth-order valence-corrected chi connectivity index (χ4v) is 5.86. The summed E-state index contributed by atoms with van der Waals surface area (Å²) in [6.07, 6.45) is 5.17. The molecule has 2 aliphatic rings. The molecule has 4 heterocycles. The number of rotatable bonds is 7. The molecular formula is C32H37FN8O. The number of pyridine rings is 1. The van der Waals surface area contributed by atoms with Crippen LogP contribution in [0.15, 0.2) is 60.9 Å². The van der Waals surface area contributed by atoms with E-state index in [0.717, 1.165) is 74.1 Å². The molecule has 0 unspecified atom stereocenters. The van der Waals surface area contributed by atoms with Crippen LogP contribution in [0.1, 0.15) is 34.5 Å². The third-order valence-corrected chi connectivity index (χ3v) is 8.21. The predicted molar refractivity (Wildman–Crippen MR) is 164 cm³/mol. The number of hydrogen-bond donors (Lipinski definition) is 2. The Bertz CT molecular complexity index is 1560. The molecule has 4 aromatic rings. The zero-order valence-corrected chi connectivity index (χ0v) is 24.2. The number of benzene rings is 2. The van der Waals surface area contributed by atoms with Gasteiger partial charge in [0.25, 0.3) is 5.91 Å². The molecule has 2 aliphatic heterocycles. The number of aryl methyl sites for hydroxylation is 1. The molecule has 2 fully saturated rings. The van der Waals surface area contributed by atoms with Crippen molar-refractivity contribution >= 4 is 34.1 Å². The van der Waals surface area contributed by atoms with E-state index in [1.54, 1.807) is 23.4 Å². The average molecular weight is 569 g/mol. The number of anilines is 3. The molecule has 1 atom stereocenters. The number of fused-ring (bicyclic) bond motifs is 1. The summed E-state index contributed by atoms with van der Waals surface area (Å²) in [5.41, 5.74) is 2.40. The van der Waals surface area contributed by atoms with E-state index >= 15 is 4.39 Å². The van der Waals surface area contributed by atoms with Crippen LogP contribution in [0.2, 0.25) is 0 Å². The molecule has 0 radical (unpaired) electrons. The Balaban J connectivity index is 1.25. The van der Waals surface area contributed by atoms with Crippen LogP contribution in [0.4, 0.5) is 21.8 Å². The second kappa shape index (κ2) is 12.5. The van der Waals surface area contributed by atoms with Gasteiger partial charge in [-0.15, -0.1) is 0 Å². The number of carbonyl (C=O) groups excluding carboxylic acids is 1. The third-order valence-electron chi connectivity index (χ3n) is 8.21. The van der Waals surface area contributed by atoms with Gasteiger partial charge >= 0.3 is 0 Å². The molecule has 2 N–H and O–H groups in total. The highest BCUT2D eigenvalue weighted by Crippen LogP contribution is 2.32. The Morgan fingerprint density at radius 3 is 2.71 bits per heavy atom. The van der Waals surface area contributed by atoms with Crippen molar-refractivity contribution in [3.63, 3.8) is 0 Å². The van der Waals surface area contributed by atoms with E-state index < -0.39 is 11.7 Å². The summed E-state index contributed by atoms with van der Waals surface area (Å²) in [5, 5.41) is 8.41. The summed E-state index contributed by atoms with van der Waals surface area (Å²) in [7, 11) is 2.13. The zero-order chi connectivity index (χ0) is 29.1. The maximum Gasteiger partial charge on any atom is 0.262 e. The van der Waals surface area contributed by atoms with Crippen molar-refractivity contribution < 1.29 is 9.18 Å². The molecule has 0 aliphatic carbocycles. The molecule has 218 valence electrons. The molecule has 2 aromatic heterocycles. The highest BCUT2D eigenvalue weighted by Gasteiger charge is 2.31. The highest BCUT2D eigenvalue weighted by atomic mass is 19.1. The second-order valence-corrected chi connectivity index (χ2v) is 11.3.